The van der Waals surface area contributed by atoms with Crippen molar-refractivity contribution >= 4 is 23.4 Å². The number of rotatable bonds is 6. The smallest absolute Gasteiger partial charge is 0.254 e. The van der Waals surface area contributed by atoms with Crippen LogP contribution in [0.2, 0.25) is 5.02 Å². The second kappa shape index (κ2) is 7.92. The molecule has 1 atom stereocenters. The summed E-state index contributed by atoms with van der Waals surface area (Å²) in [6.07, 6.45) is 2.09. The van der Waals surface area contributed by atoms with Gasteiger partial charge in [-0.05, 0) is 55.2 Å². The van der Waals surface area contributed by atoms with E-state index in [1.165, 1.54) is 6.92 Å². The zero-order chi connectivity index (χ0) is 18.7. The van der Waals surface area contributed by atoms with E-state index >= 15 is 0 Å². The lowest BCUT2D eigenvalue weighted by molar-refractivity contribution is -0.119. The molecule has 0 aromatic heterocycles. The van der Waals surface area contributed by atoms with Gasteiger partial charge in [0.1, 0.15) is 0 Å². The van der Waals surface area contributed by atoms with E-state index in [2.05, 4.69) is 12.2 Å². The summed E-state index contributed by atoms with van der Waals surface area (Å²) in [7, 11) is 0. The third kappa shape index (κ3) is 4.44. The number of hydrogen-bond donors (Lipinski definition) is 1. The zero-order valence-corrected chi connectivity index (χ0v) is 15.8. The third-order valence-corrected chi connectivity index (χ3v) is 4.94. The minimum atomic E-state index is -0.0677. The number of benzene rings is 2. The number of carbonyl (C=O) groups excluding carboxylic acids is 2. The second-order valence-corrected chi connectivity index (χ2v) is 7.21. The van der Waals surface area contributed by atoms with E-state index in [-0.39, 0.29) is 17.9 Å². The molecule has 1 N–H and O–H groups in total. The minimum Gasteiger partial charge on any atom is -0.352 e. The number of amides is 2. The standard InChI is InChI=1S/C21H23ClN2O2/c1-14(17-7-9-19(22)10-8-17)24(20-11-12-20)21(26)18-5-3-16(4-6-18)13-23-15(2)25/h3-10,14,20H,11-13H2,1-2H3,(H,23,25). The molecule has 0 saturated heterocycles. The Hall–Kier alpha value is -2.33. The van der Waals surface area contributed by atoms with Crippen LogP contribution in [0.1, 0.15) is 54.2 Å². The summed E-state index contributed by atoms with van der Waals surface area (Å²) in [5, 5.41) is 3.46. The van der Waals surface area contributed by atoms with Gasteiger partial charge < -0.3 is 10.2 Å². The molecule has 1 fully saturated rings. The largest absolute Gasteiger partial charge is 0.352 e. The summed E-state index contributed by atoms with van der Waals surface area (Å²) in [5.41, 5.74) is 2.72. The van der Waals surface area contributed by atoms with Crippen molar-refractivity contribution in [2.24, 2.45) is 0 Å². The van der Waals surface area contributed by atoms with E-state index in [4.69, 9.17) is 11.6 Å². The fourth-order valence-electron chi connectivity index (χ4n) is 3.05. The van der Waals surface area contributed by atoms with E-state index in [1.807, 2.05) is 53.4 Å². The monoisotopic (exact) mass is 370 g/mol. The average molecular weight is 371 g/mol. The lowest BCUT2D eigenvalue weighted by Crippen LogP contribution is -2.35. The first-order valence-corrected chi connectivity index (χ1v) is 9.25. The summed E-state index contributed by atoms with van der Waals surface area (Å²) in [6, 6.07) is 15.4. The Labute approximate surface area is 159 Å². The third-order valence-electron chi connectivity index (χ3n) is 4.69. The Balaban J connectivity index is 1.76. The number of nitrogens with one attached hydrogen (secondary N) is 1. The van der Waals surface area contributed by atoms with Gasteiger partial charge in [-0.1, -0.05) is 35.9 Å². The van der Waals surface area contributed by atoms with Crippen LogP contribution in [0.3, 0.4) is 0 Å². The summed E-state index contributed by atoms with van der Waals surface area (Å²) < 4.78 is 0. The van der Waals surface area contributed by atoms with Crippen molar-refractivity contribution in [1.82, 2.24) is 10.2 Å². The van der Waals surface area contributed by atoms with Crippen LogP contribution in [0.15, 0.2) is 48.5 Å². The first-order chi connectivity index (χ1) is 12.5. The summed E-state index contributed by atoms with van der Waals surface area (Å²) in [5.74, 6) is -0.0251. The van der Waals surface area contributed by atoms with Gasteiger partial charge in [-0.3, -0.25) is 9.59 Å². The van der Waals surface area contributed by atoms with Gasteiger partial charge in [-0.2, -0.15) is 0 Å². The topological polar surface area (TPSA) is 49.4 Å². The maximum absolute atomic E-state index is 13.1. The Kier molecular flexibility index (Phi) is 5.62. The molecular formula is C21H23ClN2O2. The summed E-state index contributed by atoms with van der Waals surface area (Å²) >= 11 is 5.98. The van der Waals surface area contributed by atoms with Gasteiger partial charge in [0.2, 0.25) is 5.91 Å². The van der Waals surface area contributed by atoms with Crippen molar-refractivity contribution in [3.63, 3.8) is 0 Å². The molecule has 136 valence electrons. The van der Waals surface area contributed by atoms with Crippen molar-refractivity contribution in [1.29, 1.82) is 0 Å². The Morgan fingerprint density at radius 1 is 1.12 bits per heavy atom. The van der Waals surface area contributed by atoms with Crippen LogP contribution in [-0.4, -0.2) is 22.8 Å². The Morgan fingerprint density at radius 3 is 2.27 bits per heavy atom. The maximum atomic E-state index is 13.1. The quantitative estimate of drug-likeness (QED) is 0.822. The van der Waals surface area contributed by atoms with Gasteiger partial charge in [0, 0.05) is 30.1 Å². The molecular weight excluding hydrogens is 348 g/mol. The minimum absolute atomic E-state index is 0.00803. The van der Waals surface area contributed by atoms with Crippen molar-refractivity contribution in [3.05, 3.63) is 70.2 Å². The van der Waals surface area contributed by atoms with Gasteiger partial charge in [-0.15, -0.1) is 0 Å². The van der Waals surface area contributed by atoms with Gasteiger partial charge in [0.25, 0.3) is 5.91 Å². The lowest BCUT2D eigenvalue weighted by Gasteiger charge is -2.30. The highest BCUT2D eigenvalue weighted by molar-refractivity contribution is 6.30. The average Bonchev–Trinajstić information content (AvgIpc) is 3.46. The van der Waals surface area contributed by atoms with Crippen LogP contribution in [0, 0.1) is 0 Å². The van der Waals surface area contributed by atoms with Gasteiger partial charge >= 0.3 is 0 Å². The van der Waals surface area contributed by atoms with Gasteiger partial charge in [-0.25, -0.2) is 0 Å². The molecule has 1 saturated carbocycles. The predicted octanol–water partition coefficient (Wildman–Crippen LogP) is 4.34. The van der Waals surface area contributed by atoms with Crippen molar-refractivity contribution in [2.45, 2.75) is 45.3 Å². The molecule has 5 heteroatoms. The van der Waals surface area contributed by atoms with Crippen LogP contribution >= 0.6 is 11.6 Å². The highest BCUT2D eigenvalue weighted by Crippen LogP contribution is 2.35. The molecule has 1 unspecified atom stereocenters. The Bertz CT molecular complexity index is 783. The summed E-state index contributed by atoms with van der Waals surface area (Å²) in [6.45, 7) is 4.02. The predicted molar refractivity (Wildman–Crippen MR) is 103 cm³/mol. The fraction of sp³-hybridized carbons (Fsp3) is 0.333. The molecule has 0 radical (unpaired) electrons. The van der Waals surface area contributed by atoms with E-state index in [0.29, 0.717) is 23.2 Å². The van der Waals surface area contributed by atoms with Crippen molar-refractivity contribution < 1.29 is 9.59 Å². The first kappa shape index (κ1) is 18.5. The molecule has 3 rings (SSSR count). The number of carbonyl (C=O) groups is 2. The van der Waals surface area contributed by atoms with E-state index in [9.17, 15) is 9.59 Å². The molecule has 0 aliphatic heterocycles. The first-order valence-electron chi connectivity index (χ1n) is 8.87. The molecule has 0 spiro atoms. The molecule has 1 aliphatic carbocycles. The highest BCUT2D eigenvalue weighted by atomic mass is 35.5. The van der Waals surface area contributed by atoms with Gasteiger partial charge in [0.05, 0.1) is 6.04 Å². The van der Waals surface area contributed by atoms with E-state index < -0.39 is 0 Å². The van der Waals surface area contributed by atoms with Crippen LogP contribution in [-0.2, 0) is 11.3 Å². The number of halogens is 1. The zero-order valence-electron chi connectivity index (χ0n) is 15.0. The molecule has 0 heterocycles. The molecule has 0 bridgehead atoms. The Morgan fingerprint density at radius 2 is 1.73 bits per heavy atom. The van der Waals surface area contributed by atoms with E-state index in [1.54, 1.807) is 0 Å². The van der Waals surface area contributed by atoms with Crippen LogP contribution < -0.4 is 5.32 Å². The lowest BCUT2D eigenvalue weighted by atomic mass is 10.0. The SMILES string of the molecule is CC(=O)NCc1ccc(C(=O)N(C2CC2)C(C)c2ccc(Cl)cc2)cc1. The number of nitrogens with zero attached hydrogens (tertiary/aromatic N) is 1. The van der Waals surface area contributed by atoms with Gasteiger partial charge in [0.15, 0.2) is 0 Å². The van der Waals surface area contributed by atoms with Crippen molar-refractivity contribution in [3.8, 4) is 0 Å². The molecule has 4 nitrogen and oxygen atoms in total. The fourth-order valence-corrected chi connectivity index (χ4v) is 3.18. The summed E-state index contributed by atoms with van der Waals surface area (Å²) in [4.78, 5) is 26.1. The normalized spacial score (nSPS) is 14.6. The number of hydrogen-bond acceptors (Lipinski definition) is 2. The second-order valence-electron chi connectivity index (χ2n) is 6.78. The molecule has 2 aromatic carbocycles. The van der Waals surface area contributed by atoms with Crippen molar-refractivity contribution in [2.75, 3.05) is 0 Å². The maximum Gasteiger partial charge on any atom is 0.254 e. The van der Waals surface area contributed by atoms with Crippen LogP contribution in [0.5, 0.6) is 0 Å². The molecule has 2 amide bonds. The van der Waals surface area contributed by atoms with Crippen LogP contribution in [0.4, 0.5) is 0 Å². The molecule has 1 aliphatic rings. The van der Waals surface area contributed by atoms with E-state index in [0.717, 1.165) is 24.0 Å². The highest BCUT2D eigenvalue weighted by Gasteiger charge is 2.36. The molecule has 2 aromatic rings. The molecule has 26 heavy (non-hydrogen) atoms. The van der Waals surface area contributed by atoms with Crippen LogP contribution in [0.25, 0.3) is 0 Å².